The molecule has 2 atom stereocenters. The van der Waals surface area contributed by atoms with Crippen molar-refractivity contribution in [1.82, 2.24) is 10.2 Å². The molecule has 0 aromatic rings. The van der Waals surface area contributed by atoms with Crippen LogP contribution in [0.3, 0.4) is 0 Å². The first kappa shape index (κ1) is 15.5. The van der Waals surface area contributed by atoms with Crippen molar-refractivity contribution < 1.29 is 0 Å². The van der Waals surface area contributed by atoms with E-state index in [-0.39, 0.29) is 5.54 Å². The van der Waals surface area contributed by atoms with Gasteiger partial charge in [-0.1, -0.05) is 26.7 Å². The van der Waals surface area contributed by atoms with Gasteiger partial charge in [-0.15, -0.1) is 0 Å². The Kier molecular flexibility index (Phi) is 6.67. The molecule has 1 heterocycles. The van der Waals surface area contributed by atoms with Crippen molar-refractivity contribution in [3.8, 4) is 6.07 Å². The number of rotatable bonds is 7. The molecular weight excluding hydrogens is 222 g/mol. The van der Waals surface area contributed by atoms with Gasteiger partial charge < -0.3 is 4.90 Å². The van der Waals surface area contributed by atoms with Gasteiger partial charge in [-0.2, -0.15) is 5.26 Å². The van der Waals surface area contributed by atoms with E-state index in [2.05, 4.69) is 30.1 Å². The van der Waals surface area contributed by atoms with Gasteiger partial charge in [-0.05, 0) is 45.7 Å². The third kappa shape index (κ3) is 4.59. The average Bonchev–Trinajstić information content (AvgIpc) is 2.38. The van der Waals surface area contributed by atoms with Gasteiger partial charge in [0.1, 0.15) is 5.54 Å². The highest BCUT2D eigenvalue weighted by atomic mass is 15.2. The van der Waals surface area contributed by atoms with Gasteiger partial charge in [-0.3, -0.25) is 5.32 Å². The lowest BCUT2D eigenvalue weighted by molar-refractivity contribution is 0.129. The van der Waals surface area contributed by atoms with E-state index >= 15 is 0 Å². The lowest BCUT2D eigenvalue weighted by atomic mass is 9.95. The summed E-state index contributed by atoms with van der Waals surface area (Å²) in [6.45, 7) is 9.50. The molecule has 1 aliphatic rings. The zero-order valence-electron chi connectivity index (χ0n) is 12.3. The summed E-state index contributed by atoms with van der Waals surface area (Å²) in [6.07, 6.45) is 7.55. The topological polar surface area (TPSA) is 39.1 Å². The normalized spacial score (nSPS) is 24.4. The van der Waals surface area contributed by atoms with Crippen molar-refractivity contribution >= 4 is 0 Å². The van der Waals surface area contributed by atoms with Crippen LogP contribution in [0.15, 0.2) is 0 Å². The fourth-order valence-electron chi connectivity index (χ4n) is 2.96. The van der Waals surface area contributed by atoms with Gasteiger partial charge in [0, 0.05) is 12.6 Å². The van der Waals surface area contributed by atoms with Gasteiger partial charge >= 0.3 is 0 Å². The Morgan fingerprint density at radius 3 is 2.78 bits per heavy atom. The molecule has 0 aliphatic carbocycles. The second-order valence-corrected chi connectivity index (χ2v) is 5.70. The molecule has 3 nitrogen and oxygen atoms in total. The zero-order chi connectivity index (χ0) is 13.4. The van der Waals surface area contributed by atoms with Gasteiger partial charge in [0.15, 0.2) is 0 Å². The molecule has 0 amide bonds. The molecular formula is C15H29N3. The molecule has 104 valence electrons. The van der Waals surface area contributed by atoms with Crippen molar-refractivity contribution in [3.05, 3.63) is 0 Å². The molecule has 18 heavy (non-hydrogen) atoms. The molecule has 0 bridgehead atoms. The molecule has 0 saturated carbocycles. The molecule has 1 saturated heterocycles. The van der Waals surface area contributed by atoms with Crippen LogP contribution in [-0.4, -0.2) is 36.1 Å². The fraction of sp³-hybridized carbons (Fsp3) is 0.933. The number of piperidine rings is 1. The number of nitrogens with zero attached hydrogens (tertiary/aromatic N) is 2. The zero-order valence-corrected chi connectivity index (χ0v) is 12.3. The van der Waals surface area contributed by atoms with Crippen LogP contribution in [0.25, 0.3) is 0 Å². The Morgan fingerprint density at radius 2 is 2.17 bits per heavy atom. The smallest absolute Gasteiger partial charge is 0.105 e. The Balaban J connectivity index is 2.46. The SMILES string of the molecule is CCCC1CCCCN1CCC(C)(C#N)NCC. The first-order valence-corrected chi connectivity index (χ1v) is 7.55. The molecule has 0 aromatic carbocycles. The summed E-state index contributed by atoms with van der Waals surface area (Å²) < 4.78 is 0. The third-order valence-electron chi connectivity index (χ3n) is 4.08. The van der Waals surface area contributed by atoms with Crippen LogP contribution < -0.4 is 5.32 Å². The highest BCUT2D eigenvalue weighted by Gasteiger charge is 2.26. The van der Waals surface area contributed by atoms with Gasteiger partial charge in [0.2, 0.25) is 0 Å². The maximum atomic E-state index is 9.28. The van der Waals surface area contributed by atoms with E-state index in [0.29, 0.717) is 0 Å². The van der Waals surface area contributed by atoms with Crippen LogP contribution in [0.5, 0.6) is 0 Å². The lowest BCUT2D eigenvalue weighted by Gasteiger charge is -2.37. The largest absolute Gasteiger partial charge is 0.300 e. The predicted molar refractivity (Wildman–Crippen MR) is 76.4 cm³/mol. The second kappa shape index (κ2) is 7.76. The number of likely N-dealkylation sites (tertiary alicyclic amines) is 1. The van der Waals surface area contributed by atoms with Crippen molar-refractivity contribution in [3.63, 3.8) is 0 Å². The van der Waals surface area contributed by atoms with E-state index in [4.69, 9.17) is 0 Å². The van der Waals surface area contributed by atoms with Gasteiger partial charge in [0.05, 0.1) is 6.07 Å². The number of nitrogens with one attached hydrogen (secondary N) is 1. The van der Waals surface area contributed by atoms with Crippen LogP contribution in [0.2, 0.25) is 0 Å². The summed E-state index contributed by atoms with van der Waals surface area (Å²) in [5.74, 6) is 0. The third-order valence-corrected chi connectivity index (χ3v) is 4.08. The van der Waals surface area contributed by atoms with Crippen LogP contribution in [0.4, 0.5) is 0 Å². The molecule has 1 N–H and O–H groups in total. The van der Waals surface area contributed by atoms with E-state index in [0.717, 1.165) is 25.6 Å². The Bertz CT molecular complexity index is 269. The van der Waals surface area contributed by atoms with Crippen LogP contribution in [0.1, 0.15) is 59.3 Å². The van der Waals surface area contributed by atoms with Crippen LogP contribution in [0, 0.1) is 11.3 Å². The van der Waals surface area contributed by atoms with E-state index < -0.39 is 0 Å². The average molecular weight is 251 g/mol. The summed E-state index contributed by atoms with van der Waals surface area (Å²) in [6, 6.07) is 3.19. The number of nitriles is 1. The molecule has 3 heteroatoms. The summed E-state index contributed by atoms with van der Waals surface area (Å²) >= 11 is 0. The molecule has 0 aromatic heterocycles. The van der Waals surface area contributed by atoms with E-state index in [1.807, 2.05) is 6.92 Å². The Hall–Kier alpha value is -0.590. The van der Waals surface area contributed by atoms with Gasteiger partial charge in [0.25, 0.3) is 0 Å². The summed E-state index contributed by atoms with van der Waals surface area (Å²) in [5, 5.41) is 12.6. The quantitative estimate of drug-likeness (QED) is 0.756. The van der Waals surface area contributed by atoms with E-state index in [1.165, 1.54) is 38.6 Å². The van der Waals surface area contributed by atoms with Crippen molar-refractivity contribution in [2.45, 2.75) is 70.9 Å². The fourth-order valence-corrected chi connectivity index (χ4v) is 2.96. The summed E-state index contributed by atoms with van der Waals surface area (Å²) in [5.41, 5.74) is -0.358. The van der Waals surface area contributed by atoms with Gasteiger partial charge in [-0.25, -0.2) is 0 Å². The highest BCUT2D eigenvalue weighted by Crippen LogP contribution is 2.22. The minimum absolute atomic E-state index is 0.358. The maximum absolute atomic E-state index is 9.28. The monoisotopic (exact) mass is 251 g/mol. The molecule has 2 unspecified atom stereocenters. The van der Waals surface area contributed by atoms with Crippen LogP contribution in [-0.2, 0) is 0 Å². The Labute approximate surface area is 113 Å². The molecule has 0 spiro atoms. The van der Waals surface area contributed by atoms with E-state index in [9.17, 15) is 5.26 Å². The molecule has 1 aliphatic heterocycles. The van der Waals surface area contributed by atoms with Crippen molar-refractivity contribution in [2.24, 2.45) is 0 Å². The Morgan fingerprint density at radius 1 is 1.39 bits per heavy atom. The minimum Gasteiger partial charge on any atom is -0.300 e. The molecule has 1 fully saturated rings. The highest BCUT2D eigenvalue weighted by molar-refractivity contribution is 5.04. The maximum Gasteiger partial charge on any atom is 0.105 e. The number of hydrogen-bond donors (Lipinski definition) is 1. The standard InChI is InChI=1S/C15H29N3/c1-4-8-14-9-6-7-11-18(14)12-10-15(3,13-16)17-5-2/h14,17H,4-12H2,1-3H3. The molecule has 1 rings (SSSR count). The van der Waals surface area contributed by atoms with Crippen molar-refractivity contribution in [2.75, 3.05) is 19.6 Å². The number of hydrogen-bond acceptors (Lipinski definition) is 3. The van der Waals surface area contributed by atoms with Crippen LogP contribution >= 0.6 is 0 Å². The minimum atomic E-state index is -0.358. The van der Waals surface area contributed by atoms with Crippen molar-refractivity contribution in [1.29, 1.82) is 5.26 Å². The lowest BCUT2D eigenvalue weighted by Crippen LogP contribution is -2.46. The predicted octanol–water partition coefficient (Wildman–Crippen LogP) is 2.92. The first-order chi connectivity index (χ1) is 8.65. The second-order valence-electron chi connectivity index (χ2n) is 5.70. The van der Waals surface area contributed by atoms with E-state index in [1.54, 1.807) is 0 Å². The molecule has 0 radical (unpaired) electrons. The summed E-state index contributed by atoms with van der Waals surface area (Å²) in [7, 11) is 0. The summed E-state index contributed by atoms with van der Waals surface area (Å²) in [4.78, 5) is 2.61. The first-order valence-electron chi connectivity index (χ1n) is 7.55.